The molecule has 0 radical (unpaired) electrons. The van der Waals surface area contributed by atoms with Gasteiger partial charge in [-0.25, -0.2) is 4.79 Å². The summed E-state index contributed by atoms with van der Waals surface area (Å²) in [6.45, 7) is 3.07. The summed E-state index contributed by atoms with van der Waals surface area (Å²) in [5.74, 6) is -1.29. The highest BCUT2D eigenvalue weighted by Gasteiger charge is 2.17. The summed E-state index contributed by atoms with van der Waals surface area (Å²) in [7, 11) is 0. The van der Waals surface area contributed by atoms with Crippen molar-refractivity contribution < 1.29 is 19.2 Å². The fraction of sp³-hybridized carbons (Fsp3) is 0.176. The number of nitrogens with one attached hydrogen (secondary N) is 1. The smallest absolute Gasteiger partial charge is 0.338 e. The summed E-state index contributed by atoms with van der Waals surface area (Å²) in [5.41, 5.74) is 1.87. The van der Waals surface area contributed by atoms with Crippen LogP contribution in [-0.2, 0) is 9.53 Å². The molecule has 0 aliphatic heterocycles. The molecule has 0 spiro atoms. The van der Waals surface area contributed by atoms with E-state index in [0.29, 0.717) is 11.1 Å². The molecule has 0 bridgehead atoms. The zero-order valence-corrected chi connectivity index (χ0v) is 13.2. The van der Waals surface area contributed by atoms with E-state index >= 15 is 0 Å². The lowest BCUT2D eigenvalue weighted by Gasteiger charge is -2.08. The van der Waals surface area contributed by atoms with Gasteiger partial charge in [0.1, 0.15) is 5.69 Å². The molecule has 2 rings (SSSR count). The third kappa shape index (κ3) is 4.39. The molecule has 0 aliphatic carbocycles. The molecule has 7 nitrogen and oxygen atoms in total. The first-order valence-corrected chi connectivity index (χ1v) is 7.15. The molecule has 1 N–H and O–H groups in total. The molecule has 2 aromatic rings. The van der Waals surface area contributed by atoms with Crippen molar-refractivity contribution in [1.82, 2.24) is 0 Å². The van der Waals surface area contributed by atoms with Crippen LogP contribution in [0.15, 0.2) is 42.5 Å². The van der Waals surface area contributed by atoms with E-state index in [2.05, 4.69) is 5.32 Å². The van der Waals surface area contributed by atoms with Crippen LogP contribution in [0.4, 0.5) is 11.4 Å². The molecule has 0 aliphatic rings. The summed E-state index contributed by atoms with van der Waals surface area (Å²) in [4.78, 5) is 34.1. The topological polar surface area (TPSA) is 98.5 Å². The standard InChI is InChI=1S/C17H16N2O5/c1-11-3-6-13(7-4-11)17(21)24-10-16(20)18-14-8-5-12(2)9-15(14)19(22)23/h3-9H,10H2,1-2H3,(H,18,20). The number of carbonyl (C=O) groups is 2. The van der Waals surface area contributed by atoms with Crippen LogP contribution < -0.4 is 5.32 Å². The maximum Gasteiger partial charge on any atom is 0.338 e. The molecule has 0 fully saturated rings. The Bertz CT molecular complexity index is 784. The number of carbonyl (C=O) groups excluding carboxylic acids is 2. The van der Waals surface area contributed by atoms with Crippen molar-refractivity contribution >= 4 is 23.3 Å². The van der Waals surface area contributed by atoms with E-state index in [1.54, 1.807) is 37.3 Å². The van der Waals surface area contributed by atoms with Crippen LogP contribution in [0.1, 0.15) is 21.5 Å². The first-order chi connectivity index (χ1) is 11.4. The molecule has 7 heteroatoms. The van der Waals surface area contributed by atoms with Crippen molar-refractivity contribution in [3.8, 4) is 0 Å². The van der Waals surface area contributed by atoms with E-state index in [-0.39, 0.29) is 11.4 Å². The van der Waals surface area contributed by atoms with Crippen LogP contribution in [0.25, 0.3) is 0 Å². The van der Waals surface area contributed by atoms with E-state index < -0.39 is 23.4 Å². The van der Waals surface area contributed by atoms with Crippen LogP contribution >= 0.6 is 0 Å². The molecular formula is C17H16N2O5. The van der Waals surface area contributed by atoms with Gasteiger partial charge in [-0.3, -0.25) is 14.9 Å². The number of hydrogen-bond donors (Lipinski definition) is 1. The third-order valence-electron chi connectivity index (χ3n) is 3.25. The predicted octanol–water partition coefficient (Wildman–Crippen LogP) is 3.01. The monoisotopic (exact) mass is 328 g/mol. The number of hydrogen-bond acceptors (Lipinski definition) is 5. The number of esters is 1. The first kappa shape index (κ1) is 17.1. The fourth-order valence-electron chi connectivity index (χ4n) is 1.99. The minimum atomic E-state index is -0.651. The maximum absolute atomic E-state index is 11.9. The lowest BCUT2D eigenvalue weighted by atomic mass is 10.1. The van der Waals surface area contributed by atoms with E-state index in [9.17, 15) is 19.7 Å². The summed E-state index contributed by atoms with van der Waals surface area (Å²) in [5, 5.41) is 13.4. The second-order valence-corrected chi connectivity index (χ2v) is 5.27. The van der Waals surface area contributed by atoms with Crippen molar-refractivity contribution in [1.29, 1.82) is 0 Å². The van der Waals surface area contributed by atoms with Crippen molar-refractivity contribution in [2.75, 3.05) is 11.9 Å². The summed E-state index contributed by atoms with van der Waals surface area (Å²) in [6.07, 6.45) is 0. The number of ether oxygens (including phenoxy) is 1. The quantitative estimate of drug-likeness (QED) is 0.517. The second-order valence-electron chi connectivity index (χ2n) is 5.27. The molecular weight excluding hydrogens is 312 g/mol. The van der Waals surface area contributed by atoms with E-state index in [4.69, 9.17) is 4.74 Å². The molecule has 0 heterocycles. The van der Waals surface area contributed by atoms with Gasteiger partial charge in [0.25, 0.3) is 11.6 Å². The molecule has 2 aromatic carbocycles. The largest absolute Gasteiger partial charge is 0.452 e. The Balaban J connectivity index is 1.98. The molecule has 124 valence electrons. The van der Waals surface area contributed by atoms with Gasteiger partial charge in [-0.2, -0.15) is 0 Å². The number of nitrogens with zero attached hydrogens (tertiary/aromatic N) is 1. The molecule has 1 amide bonds. The number of nitro groups is 1. The zero-order valence-electron chi connectivity index (χ0n) is 13.2. The van der Waals surface area contributed by atoms with Gasteiger partial charge >= 0.3 is 5.97 Å². The van der Waals surface area contributed by atoms with Gasteiger partial charge in [0, 0.05) is 6.07 Å². The fourth-order valence-corrected chi connectivity index (χ4v) is 1.99. The number of amides is 1. The van der Waals surface area contributed by atoms with Crippen molar-refractivity contribution in [3.05, 3.63) is 69.3 Å². The number of nitro benzene ring substituents is 1. The minimum absolute atomic E-state index is 0.0574. The lowest BCUT2D eigenvalue weighted by molar-refractivity contribution is -0.384. The Labute approximate surface area is 138 Å². The molecule has 0 saturated carbocycles. The summed E-state index contributed by atoms with van der Waals surface area (Å²) < 4.78 is 4.91. The Morgan fingerprint density at radius 1 is 1.08 bits per heavy atom. The first-order valence-electron chi connectivity index (χ1n) is 7.15. The van der Waals surface area contributed by atoms with Crippen LogP contribution in [0.3, 0.4) is 0 Å². The molecule has 24 heavy (non-hydrogen) atoms. The van der Waals surface area contributed by atoms with Crippen LogP contribution in [0, 0.1) is 24.0 Å². The number of aryl methyl sites for hydroxylation is 2. The number of benzene rings is 2. The Kier molecular flexibility index (Phi) is 5.26. The van der Waals surface area contributed by atoms with E-state index in [1.807, 2.05) is 6.92 Å². The summed E-state index contributed by atoms with van der Waals surface area (Å²) in [6, 6.07) is 11.1. The number of anilines is 1. The normalized spacial score (nSPS) is 10.1. The highest BCUT2D eigenvalue weighted by molar-refractivity contribution is 5.96. The van der Waals surface area contributed by atoms with Gasteiger partial charge < -0.3 is 10.1 Å². The SMILES string of the molecule is Cc1ccc(C(=O)OCC(=O)Nc2ccc(C)cc2[N+](=O)[O-])cc1. The van der Waals surface area contributed by atoms with Crippen molar-refractivity contribution in [3.63, 3.8) is 0 Å². The van der Waals surface area contributed by atoms with Gasteiger partial charge in [-0.15, -0.1) is 0 Å². The average molecular weight is 328 g/mol. The zero-order chi connectivity index (χ0) is 17.7. The van der Waals surface area contributed by atoms with Crippen LogP contribution in [-0.4, -0.2) is 23.4 Å². The van der Waals surface area contributed by atoms with Gasteiger partial charge in [-0.05, 0) is 37.6 Å². The Hall–Kier alpha value is -3.22. The van der Waals surface area contributed by atoms with Crippen LogP contribution in [0.5, 0.6) is 0 Å². The third-order valence-corrected chi connectivity index (χ3v) is 3.25. The van der Waals surface area contributed by atoms with Gasteiger partial charge in [0.15, 0.2) is 6.61 Å². The highest BCUT2D eigenvalue weighted by Crippen LogP contribution is 2.25. The minimum Gasteiger partial charge on any atom is -0.452 e. The summed E-state index contributed by atoms with van der Waals surface area (Å²) >= 11 is 0. The second kappa shape index (κ2) is 7.36. The molecule has 0 unspecified atom stereocenters. The van der Waals surface area contributed by atoms with Gasteiger partial charge in [0.2, 0.25) is 0 Å². The lowest BCUT2D eigenvalue weighted by Crippen LogP contribution is -2.21. The van der Waals surface area contributed by atoms with E-state index in [0.717, 1.165) is 5.56 Å². The molecule has 0 atom stereocenters. The van der Waals surface area contributed by atoms with Crippen molar-refractivity contribution in [2.24, 2.45) is 0 Å². The highest BCUT2D eigenvalue weighted by atomic mass is 16.6. The van der Waals surface area contributed by atoms with Gasteiger partial charge in [0.05, 0.1) is 10.5 Å². The van der Waals surface area contributed by atoms with E-state index in [1.165, 1.54) is 12.1 Å². The number of rotatable bonds is 5. The predicted molar refractivity (Wildman–Crippen MR) is 87.9 cm³/mol. The maximum atomic E-state index is 11.9. The average Bonchev–Trinajstić information content (AvgIpc) is 2.54. The molecule has 0 aromatic heterocycles. The molecule has 0 saturated heterocycles. The Morgan fingerprint density at radius 2 is 1.71 bits per heavy atom. The van der Waals surface area contributed by atoms with Crippen molar-refractivity contribution in [2.45, 2.75) is 13.8 Å². The Morgan fingerprint density at radius 3 is 2.33 bits per heavy atom. The van der Waals surface area contributed by atoms with Crippen LogP contribution in [0.2, 0.25) is 0 Å². The van der Waals surface area contributed by atoms with Gasteiger partial charge in [-0.1, -0.05) is 23.8 Å².